The normalized spacial score (nSPS) is 11.1. The summed E-state index contributed by atoms with van der Waals surface area (Å²) in [5.74, 6) is 0.0479. The van der Waals surface area contributed by atoms with Gasteiger partial charge in [-0.15, -0.1) is 0 Å². The molecule has 0 unspecified atom stereocenters. The third-order valence-corrected chi connectivity index (χ3v) is 2.93. The summed E-state index contributed by atoms with van der Waals surface area (Å²) in [5.41, 5.74) is 2.15. The number of rotatable bonds is 5. The number of aromatic amines is 1. The highest BCUT2D eigenvalue weighted by molar-refractivity contribution is 5.99. The number of imidazole rings is 1. The van der Waals surface area contributed by atoms with Crippen molar-refractivity contribution in [3.05, 3.63) is 29.6 Å². The summed E-state index contributed by atoms with van der Waals surface area (Å²) in [6.07, 6.45) is -0.122. The second kappa shape index (κ2) is 5.22. The van der Waals surface area contributed by atoms with Gasteiger partial charge in [0.2, 0.25) is 0 Å². The fraction of sp³-hybridized carbons (Fsp3) is 0.357. The SMILES string of the molecule is CC(C)c1nc2ccc(C(=O)CCC(=O)O)cc2[nH]1. The Morgan fingerprint density at radius 1 is 1.32 bits per heavy atom. The van der Waals surface area contributed by atoms with Crippen LogP contribution >= 0.6 is 0 Å². The molecule has 0 aliphatic carbocycles. The minimum absolute atomic E-state index is 0.0199. The Bertz CT molecular complexity index is 629. The lowest BCUT2D eigenvalue weighted by Crippen LogP contribution is -2.03. The van der Waals surface area contributed by atoms with Gasteiger partial charge in [-0.05, 0) is 18.2 Å². The van der Waals surface area contributed by atoms with E-state index in [4.69, 9.17) is 5.11 Å². The van der Waals surface area contributed by atoms with Crippen LogP contribution in [0.25, 0.3) is 11.0 Å². The number of Topliss-reactive ketones (excluding diaryl/α,β-unsaturated/α-hetero) is 1. The number of hydrogen-bond donors (Lipinski definition) is 2. The molecule has 0 amide bonds. The molecule has 19 heavy (non-hydrogen) atoms. The van der Waals surface area contributed by atoms with Gasteiger partial charge in [-0.1, -0.05) is 13.8 Å². The molecule has 0 aliphatic heterocycles. The van der Waals surface area contributed by atoms with E-state index in [9.17, 15) is 9.59 Å². The second-order valence-corrected chi connectivity index (χ2v) is 4.83. The number of carboxylic acid groups (broad SMARTS) is 1. The number of nitrogens with zero attached hydrogens (tertiary/aromatic N) is 1. The van der Waals surface area contributed by atoms with Crippen LogP contribution < -0.4 is 0 Å². The number of carbonyl (C=O) groups is 2. The Morgan fingerprint density at radius 2 is 2.05 bits per heavy atom. The predicted molar refractivity (Wildman–Crippen MR) is 71.4 cm³/mol. The van der Waals surface area contributed by atoms with E-state index < -0.39 is 5.97 Å². The van der Waals surface area contributed by atoms with Crippen molar-refractivity contribution in [1.29, 1.82) is 0 Å². The van der Waals surface area contributed by atoms with E-state index in [1.54, 1.807) is 18.2 Å². The number of aliphatic carboxylic acids is 1. The maximum Gasteiger partial charge on any atom is 0.303 e. The third-order valence-electron chi connectivity index (χ3n) is 2.93. The van der Waals surface area contributed by atoms with Crippen LogP contribution in [0.2, 0.25) is 0 Å². The first-order valence-corrected chi connectivity index (χ1v) is 6.22. The summed E-state index contributed by atoms with van der Waals surface area (Å²) in [4.78, 5) is 29.9. The average molecular weight is 260 g/mol. The van der Waals surface area contributed by atoms with E-state index >= 15 is 0 Å². The molecular weight excluding hydrogens is 244 g/mol. The van der Waals surface area contributed by atoms with Crippen LogP contribution in [0.5, 0.6) is 0 Å². The van der Waals surface area contributed by atoms with Gasteiger partial charge in [-0.25, -0.2) is 4.98 Å². The zero-order valence-electron chi connectivity index (χ0n) is 10.9. The van der Waals surface area contributed by atoms with E-state index in [1.807, 2.05) is 13.8 Å². The molecule has 0 radical (unpaired) electrons. The molecule has 0 saturated heterocycles. The molecule has 5 nitrogen and oxygen atoms in total. The van der Waals surface area contributed by atoms with Crippen molar-refractivity contribution in [1.82, 2.24) is 9.97 Å². The molecule has 0 spiro atoms. The Balaban J connectivity index is 2.25. The number of fused-ring (bicyclic) bond motifs is 1. The fourth-order valence-electron chi connectivity index (χ4n) is 1.84. The standard InChI is InChI=1S/C14H16N2O3/c1-8(2)14-15-10-4-3-9(7-11(10)16-14)12(17)5-6-13(18)19/h3-4,7-8H,5-6H2,1-2H3,(H,15,16)(H,18,19). The molecule has 2 rings (SSSR count). The van der Waals surface area contributed by atoms with Gasteiger partial charge >= 0.3 is 5.97 Å². The van der Waals surface area contributed by atoms with Crippen LogP contribution in [-0.2, 0) is 4.79 Å². The molecule has 5 heteroatoms. The number of carbonyl (C=O) groups excluding carboxylic acids is 1. The van der Waals surface area contributed by atoms with E-state index in [0.717, 1.165) is 16.9 Å². The summed E-state index contributed by atoms with van der Waals surface area (Å²) in [6, 6.07) is 5.21. The molecule has 2 N–H and O–H groups in total. The number of benzene rings is 1. The lowest BCUT2D eigenvalue weighted by Gasteiger charge is -1.99. The van der Waals surface area contributed by atoms with Crippen molar-refractivity contribution in [2.75, 3.05) is 0 Å². The zero-order chi connectivity index (χ0) is 14.0. The van der Waals surface area contributed by atoms with Crippen LogP contribution in [0.3, 0.4) is 0 Å². The largest absolute Gasteiger partial charge is 0.481 e. The number of nitrogens with one attached hydrogen (secondary N) is 1. The van der Waals surface area contributed by atoms with Gasteiger partial charge in [0.25, 0.3) is 0 Å². The fourth-order valence-corrected chi connectivity index (χ4v) is 1.84. The number of hydrogen-bond acceptors (Lipinski definition) is 3. The first-order chi connectivity index (χ1) is 8.97. The Labute approximate surface area is 110 Å². The summed E-state index contributed by atoms with van der Waals surface area (Å²) in [5, 5.41) is 8.58. The molecule has 1 aromatic heterocycles. The van der Waals surface area contributed by atoms with Gasteiger partial charge in [-0.3, -0.25) is 9.59 Å². The minimum Gasteiger partial charge on any atom is -0.481 e. The van der Waals surface area contributed by atoms with Crippen molar-refractivity contribution in [2.45, 2.75) is 32.6 Å². The molecule has 1 aromatic carbocycles. The van der Waals surface area contributed by atoms with Crippen LogP contribution in [-0.4, -0.2) is 26.8 Å². The number of carboxylic acids is 1. The van der Waals surface area contributed by atoms with Gasteiger partial charge in [-0.2, -0.15) is 0 Å². The second-order valence-electron chi connectivity index (χ2n) is 4.83. The van der Waals surface area contributed by atoms with Crippen LogP contribution in [0, 0.1) is 0 Å². The summed E-state index contributed by atoms with van der Waals surface area (Å²) >= 11 is 0. The van der Waals surface area contributed by atoms with E-state index in [0.29, 0.717) is 11.5 Å². The van der Waals surface area contributed by atoms with Crippen molar-refractivity contribution in [3.8, 4) is 0 Å². The maximum absolute atomic E-state index is 11.8. The minimum atomic E-state index is -0.960. The third kappa shape index (κ3) is 2.99. The molecule has 0 aliphatic rings. The van der Waals surface area contributed by atoms with Crippen LogP contribution in [0.1, 0.15) is 48.8 Å². The smallest absolute Gasteiger partial charge is 0.303 e. The molecule has 1 heterocycles. The summed E-state index contributed by atoms with van der Waals surface area (Å²) < 4.78 is 0. The quantitative estimate of drug-likeness (QED) is 0.810. The highest BCUT2D eigenvalue weighted by atomic mass is 16.4. The highest BCUT2D eigenvalue weighted by Gasteiger charge is 2.11. The molecule has 2 aromatic rings. The molecule has 0 atom stereocenters. The van der Waals surface area contributed by atoms with E-state index in [-0.39, 0.29) is 18.6 Å². The number of aromatic nitrogens is 2. The first-order valence-electron chi connectivity index (χ1n) is 6.22. The maximum atomic E-state index is 11.8. The molecule has 100 valence electrons. The monoisotopic (exact) mass is 260 g/mol. The highest BCUT2D eigenvalue weighted by Crippen LogP contribution is 2.19. The van der Waals surface area contributed by atoms with Gasteiger partial charge in [0, 0.05) is 17.9 Å². The Kier molecular flexibility index (Phi) is 3.64. The first kappa shape index (κ1) is 13.3. The zero-order valence-corrected chi connectivity index (χ0v) is 10.9. The van der Waals surface area contributed by atoms with Crippen LogP contribution in [0.4, 0.5) is 0 Å². The van der Waals surface area contributed by atoms with Crippen LogP contribution in [0.15, 0.2) is 18.2 Å². The molecule has 0 bridgehead atoms. The average Bonchev–Trinajstić information content (AvgIpc) is 2.78. The molecule has 0 saturated carbocycles. The topological polar surface area (TPSA) is 83.1 Å². The summed E-state index contributed by atoms with van der Waals surface area (Å²) in [7, 11) is 0. The van der Waals surface area contributed by atoms with E-state index in [2.05, 4.69) is 9.97 Å². The molecular formula is C14H16N2O3. The van der Waals surface area contributed by atoms with Crippen molar-refractivity contribution in [2.24, 2.45) is 0 Å². The van der Waals surface area contributed by atoms with Crippen molar-refractivity contribution in [3.63, 3.8) is 0 Å². The number of ketones is 1. The Morgan fingerprint density at radius 3 is 2.68 bits per heavy atom. The number of H-pyrrole nitrogens is 1. The van der Waals surface area contributed by atoms with Gasteiger partial charge < -0.3 is 10.1 Å². The van der Waals surface area contributed by atoms with Crippen molar-refractivity contribution < 1.29 is 14.7 Å². The van der Waals surface area contributed by atoms with Gasteiger partial charge in [0.05, 0.1) is 17.5 Å². The molecule has 0 fully saturated rings. The van der Waals surface area contributed by atoms with Gasteiger partial charge in [0.1, 0.15) is 5.82 Å². The van der Waals surface area contributed by atoms with E-state index in [1.165, 1.54) is 0 Å². The lowest BCUT2D eigenvalue weighted by atomic mass is 10.1. The summed E-state index contributed by atoms with van der Waals surface area (Å²) in [6.45, 7) is 4.08. The Hall–Kier alpha value is -2.17. The predicted octanol–water partition coefficient (Wildman–Crippen LogP) is 2.73. The van der Waals surface area contributed by atoms with Gasteiger partial charge in [0.15, 0.2) is 5.78 Å². The van der Waals surface area contributed by atoms with Crippen molar-refractivity contribution >= 4 is 22.8 Å². The lowest BCUT2D eigenvalue weighted by molar-refractivity contribution is -0.136.